The third-order valence-corrected chi connectivity index (χ3v) is 3.39. The predicted octanol–water partition coefficient (Wildman–Crippen LogP) is -1.94. The molecule has 0 heterocycles. The summed E-state index contributed by atoms with van der Waals surface area (Å²) in [6.45, 7) is 0.276. The molecule has 8 nitrogen and oxygen atoms in total. The molecule has 0 spiro atoms. The van der Waals surface area contributed by atoms with Gasteiger partial charge in [0.05, 0.1) is 0 Å². The van der Waals surface area contributed by atoms with Gasteiger partial charge in [-0.25, -0.2) is 4.79 Å². The van der Waals surface area contributed by atoms with Crippen molar-refractivity contribution >= 4 is 13.6 Å². The molecule has 0 fully saturated rings. The van der Waals surface area contributed by atoms with E-state index >= 15 is 0 Å². The fraction of sp³-hybridized carbons (Fsp3) is 0.364. The zero-order valence-electron chi connectivity index (χ0n) is 12.7. The Kier molecular flexibility index (Phi) is 8.09. The van der Waals surface area contributed by atoms with Gasteiger partial charge in [0.2, 0.25) is 6.23 Å². The number of hydrogen-bond donors (Lipinski definition) is 3. The zero-order chi connectivity index (χ0) is 15.4. The zero-order valence-corrected chi connectivity index (χ0v) is 14.6. The van der Waals surface area contributed by atoms with E-state index in [9.17, 15) is 14.6 Å². The molecule has 3 N–H and O–H groups in total. The van der Waals surface area contributed by atoms with Crippen LogP contribution in [0.4, 0.5) is 0 Å². The molecule has 2 unspecified atom stereocenters. The van der Waals surface area contributed by atoms with Crippen molar-refractivity contribution in [2.24, 2.45) is 0 Å². The minimum atomic E-state index is -4.69. The average Bonchev–Trinajstić information content (AvgIpc) is 2.26. The van der Waals surface area contributed by atoms with Crippen LogP contribution in [0.1, 0.15) is 8.35 Å². The summed E-state index contributed by atoms with van der Waals surface area (Å²) in [4.78, 5) is 28.6. The summed E-state index contributed by atoms with van der Waals surface area (Å²) in [6.07, 6.45) is -2.44. The van der Waals surface area contributed by atoms with E-state index in [0.717, 1.165) is 0 Å². The van der Waals surface area contributed by atoms with Crippen LogP contribution < -0.4 is 34.3 Å². The number of hydrogen-bond acceptors (Lipinski definition) is 4. The van der Waals surface area contributed by atoms with Crippen LogP contribution in [-0.2, 0) is 9.36 Å². The van der Waals surface area contributed by atoms with Crippen LogP contribution in [0.25, 0.3) is 0 Å². The predicted molar refractivity (Wildman–Crippen MR) is 70.7 cm³/mol. The molecule has 0 aliphatic heterocycles. The number of carbonyl (C=O) groups is 1. The summed E-state index contributed by atoms with van der Waals surface area (Å²) in [5, 5.41) is 21.1. The summed E-state index contributed by atoms with van der Waals surface area (Å²) in [6, 6.07) is 8.14. The number of benzene rings is 1. The Morgan fingerprint density at radius 2 is 1.95 bits per heavy atom. The summed E-state index contributed by atoms with van der Waals surface area (Å²) in [5.74, 6) is -1.15. The molecule has 10 heteroatoms. The average molecular weight is 329 g/mol. The van der Waals surface area contributed by atoms with Crippen molar-refractivity contribution in [1.29, 1.82) is 0 Å². The second-order valence-electron chi connectivity index (χ2n) is 4.34. The number of quaternary nitrogens is 1. The van der Waals surface area contributed by atoms with Gasteiger partial charge < -0.3 is 30.9 Å². The van der Waals surface area contributed by atoms with Gasteiger partial charge in [0.1, 0.15) is 5.75 Å². The molecule has 1 rings (SSSR count). The van der Waals surface area contributed by atoms with E-state index in [-0.39, 0.29) is 31.0 Å². The van der Waals surface area contributed by atoms with E-state index < -0.39 is 37.3 Å². The van der Waals surface area contributed by atoms with E-state index in [1.807, 2.05) is 0 Å². The van der Waals surface area contributed by atoms with E-state index in [1.165, 1.54) is 6.92 Å². The maximum absolute atomic E-state index is 12.4. The first-order valence-corrected chi connectivity index (χ1v) is 7.48. The number of nitrogens with zero attached hydrogens (tertiary/aromatic N) is 1. The van der Waals surface area contributed by atoms with Gasteiger partial charge in [-0.2, -0.15) is 0 Å². The van der Waals surface area contributed by atoms with Crippen molar-refractivity contribution in [3.05, 3.63) is 35.5 Å². The first-order chi connectivity index (χ1) is 9.12. The summed E-state index contributed by atoms with van der Waals surface area (Å²) < 4.78 is 14.6. The molecule has 2 atom stereocenters. The van der Waals surface area contributed by atoms with Crippen LogP contribution in [0.5, 0.6) is 5.75 Å². The van der Waals surface area contributed by atoms with Gasteiger partial charge in [-0.15, -0.1) is 0 Å². The van der Waals surface area contributed by atoms with Gasteiger partial charge >= 0.3 is 43.1 Å². The molecule has 0 saturated heterocycles. The number of aliphatic carboxylic acids is 1. The van der Waals surface area contributed by atoms with Gasteiger partial charge in [0.25, 0.3) is 0 Å². The van der Waals surface area contributed by atoms with Crippen LogP contribution in [-0.4, -0.2) is 44.6 Å². The van der Waals surface area contributed by atoms with Crippen LogP contribution in [0.2, 0.25) is 0 Å². The maximum Gasteiger partial charge on any atom is 1.00 e. The summed E-state index contributed by atoms with van der Waals surface area (Å²) in [7, 11) is -4.69. The molecule has 0 radical (unpaired) electrons. The number of rotatable bonds is 7. The number of para-hydroxylation sites is 1. The van der Waals surface area contributed by atoms with E-state index in [4.69, 9.17) is 19.6 Å². The van der Waals surface area contributed by atoms with Crippen molar-refractivity contribution in [3.63, 3.8) is 0 Å². The topological polar surface area (TPSA) is 127 Å². The minimum Gasteiger partial charge on any atom is -1.00 e. The monoisotopic (exact) mass is 329 g/mol. The fourth-order valence-electron chi connectivity index (χ4n) is 1.63. The van der Waals surface area contributed by atoms with Gasteiger partial charge in [-0.3, -0.25) is 4.57 Å². The molecule has 0 bridgehead atoms. The Morgan fingerprint density at radius 1 is 1.43 bits per heavy atom. The van der Waals surface area contributed by atoms with E-state index in [2.05, 4.69) is 0 Å². The van der Waals surface area contributed by atoms with Crippen LogP contribution in [0, 0.1) is 5.21 Å². The number of ether oxygens (including phenoxy) is 1. The molecule has 0 aliphatic rings. The number of carboxylic acid groups (broad SMARTS) is 1. The molecule has 21 heavy (non-hydrogen) atoms. The van der Waals surface area contributed by atoms with Crippen molar-refractivity contribution in [3.8, 4) is 5.75 Å². The normalized spacial score (nSPS) is 15.4. The van der Waals surface area contributed by atoms with Gasteiger partial charge in [-0.05, 0) is 12.1 Å². The second-order valence-corrected chi connectivity index (χ2v) is 5.95. The first-order valence-electron chi connectivity index (χ1n) is 5.68. The Morgan fingerprint density at radius 3 is 2.38 bits per heavy atom. The molecule has 0 amide bonds. The third-order valence-electron chi connectivity index (χ3n) is 2.54. The maximum atomic E-state index is 12.4. The van der Waals surface area contributed by atoms with Crippen molar-refractivity contribution < 1.29 is 64.6 Å². The summed E-state index contributed by atoms with van der Waals surface area (Å²) in [5.41, 5.74) is 0. The van der Waals surface area contributed by atoms with Gasteiger partial charge in [0, 0.05) is 6.92 Å². The Labute approximate surface area is 145 Å². The van der Waals surface area contributed by atoms with Crippen LogP contribution >= 0.6 is 7.60 Å². The molecule has 114 valence electrons. The minimum absolute atomic E-state index is 0. The molecule has 1 aromatic carbocycles. The van der Waals surface area contributed by atoms with Crippen molar-refractivity contribution in [2.75, 3.05) is 12.8 Å². The third kappa shape index (κ3) is 7.39. The van der Waals surface area contributed by atoms with Crippen molar-refractivity contribution in [2.45, 2.75) is 13.2 Å². The molecule has 0 aliphatic carbocycles. The smallest absolute Gasteiger partial charge is 1.00 e. The van der Waals surface area contributed by atoms with Crippen molar-refractivity contribution in [1.82, 2.24) is 0 Å². The Balaban J connectivity index is 0. The fourth-order valence-corrected chi connectivity index (χ4v) is 2.58. The van der Waals surface area contributed by atoms with Crippen LogP contribution in [0.3, 0.4) is 0 Å². The van der Waals surface area contributed by atoms with E-state index in [1.54, 1.807) is 30.3 Å². The first kappa shape index (κ1) is 20.6. The number of carboxylic acids is 1. The van der Waals surface area contributed by atoms with Gasteiger partial charge in [-0.1, -0.05) is 18.2 Å². The molecule has 1 aromatic rings. The van der Waals surface area contributed by atoms with Gasteiger partial charge in [0.15, 0.2) is 12.8 Å². The largest absolute Gasteiger partial charge is 1.00 e. The standard InChI is InChI=1S/C11H16NO7P.Na.H/c1-9(19-10-5-3-2-4-6-10)12(15,7-11(13)14)8-20(16,17)18;;/h2-6,9H,7-8H2,1H3,(H,13,14)(H2,16,17,18);;/q;+1;-1. The molecular weight excluding hydrogens is 312 g/mol. The Bertz CT molecular complexity index is 514. The molecular formula is C11H17NNaO7P. The number of hydroxylamine groups is 3. The SMILES string of the molecule is CC(Oc1ccccc1)[N+]([O-])(CC(=O)O)CP(=O)(O)O.[H-].[Na+]. The molecule has 0 aromatic heterocycles. The van der Waals surface area contributed by atoms with E-state index in [0.29, 0.717) is 5.75 Å². The quantitative estimate of drug-likeness (QED) is 0.175. The molecule has 0 saturated carbocycles. The summed E-state index contributed by atoms with van der Waals surface area (Å²) >= 11 is 0. The second kappa shape index (κ2) is 8.26. The van der Waals surface area contributed by atoms with Crippen LogP contribution in [0.15, 0.2) is 30.3 Å². The Hall–Kier alpha value is -0.440.